The Morgan fingerprint density at radius 3 is 2.88 bits per heavy atom. The van der Waals surface area contributed by atoms with E-state index < -0.39 is 0 Å². The van der Waals surface area contributed by atoms with E-state index in [2.05, 4.69) is 25.9 Å². The number of anilines is 1. The first-order valence-corrected chi connectivity index (χ1v) is 6.66. The minimum absolute atomic E-state index is 0.222. The zero-order valence-electron chi connectivity index (χ0n) is 8.81. The highest BCUT2D eigenvalue weighted by Crippen LogP contribution is 2.28. The molecule has 0 atom stereocenters. The first-order valence-electron chi connectivity index (χ1n) is 4.88. The molecule has 0 aliphatic rings. The van der Waals surface area contributed by atoms with Crippen LogP contribution in [0.1, 0.15) is 5.82 Å². The van der Waals surface area contributed by atoms with Gasteiger partial charge in [0.25, 0.3) is 5.56 Å². The van der Waals surface area contributed by atoms with Gasteiger partial charge in [-0.2, -0.15) is 0 Å². The van der Waals surface area contributed by atoms with E-state index in [0.29, 0.717) is 11.6 Å². The van der Waals surface area contributed by atoms with Gasteiger partial charge in [0.15, 0.2) is 0 Å². The molecular formula is C11H10BrN3OS. The second-order valence-electron chi connectivity index (χ2n) is 3.34. The van der Waals surface area contributed by atoms with Gasteiger partial charge in [-0.15, -0.1) is 11.8 Å². The van der Waals surface area contributed by atoms with Crippen LogP contribution in [0.4, 0.5) is 5.82 Å². The van der Waals surface area contributed by atoms with Crippen LogP contribution in [-0.4, -0.2) is 9.97 Å². The SMILES string of the molecule is Nc1cc(=O)[nH]c(CSc2ccccc2Br)n1. The molecule has 0 fully saturated rings. The number of aromatic amines is 1. The summed E-state index contributed by atoms with van der Waals surface area (Å²) in [6.45, 7) is 0. The van der Waals surface area contributed by atoms with E-state index in [0.717, 1.165) is 9.37 Å². The molecule has 2 aromatic rings. The van der Waals surface area contributed by atoms with Crippen LogP contribution in [0.15, 0.2) is 44.5 Å². The van der Waals surface area contributed by atoms with E-state index >= 15 is 0 Å². The number of hydrogen-bond donors (Lipinski definition) is 2. The summed E-state index contributed by atoms with van der Waals surface area (Å²) in [6, 6.07) is 9.15. The molecule has 1 heterocycles. The lowest BCUT2D eigenvalue weighted by Gasteiger charge is -2.03. The van der Waals surface area contributed by atoms with Crippen molar-refractivity contribution < 1.29 is 0 Å². The molecule has 0 spiro atoms. The summed E-state index contributed by atoms with van der Waals surface area (Å²) >= 11 is 5.04. The summed E-state index contributed by atoms with van der Waals surface area (Å²) in [4.78, 5) is 19.0. The standard InChI is InChI=1S/C11H10BrN3OS/c12-7-3-1-2-4-8(7)17-6-10-14-9(13)5-11(16)15-10/h1-5H,6H2,(H3,13,14,15,16). The quantitative estimate of drug-likeness (QED) is 0.854. The van der Waals surface area contributed by atoms with E-state index in [1.54, 1.807) is 11.8 Å². The molecule has 1 aromatic heterocycles. The zero-order chi connectivity index (χ0) is 12.3. The number of H-pyrrole nitrogens is 1. The van der Waals surface area contributed by atoms with Gasteiger partial charge >= 0.3 is 0 Å². The van der Waals surface area contributed by atoms with Gasteiger partial charge in [-0.1, -0.05) is 12.1 Å². The number of nitrogen functional groups attached to an aromatic ring is 1. The largest absolute Gasteiger partial charge is 0.383 e. The Labute approximate surface area is 111 Å². The second-order valence-corrected chi connectivity index (χ2v) is 5.21. The normalized spacial score (nSPS) is 10.4. The van der Waals surface area contributed by atoms with Crippen molar-refractivity contribution in [2.75, 3.05) is 5.73 Å². The highest BCUT2D eigenvalue weighted by molar-refractivity contribution is 9.10. The van der Waals surface area contributed by atoms with Gasteiger partial charge < -0.3 is 10.7 Å². The molecule has 4 nitrogen and oxygen atoms in total. The van der Waals surface area contributed by atoms with Gasteiger partial charge in [-0.05, 0) is 28.1 Å². The Hall–Kier alpha value is -1.27. The average molecular weight is 312 g/mol. The Bertz CT molecular complexity index is 585. The predicted octanol–water partition coefficient (Wildman–Crippen LogP) is 2.41. The fourth-order valence-electron chi connectivity index (χ4n) is 1.30. The molecule has 0 amide bonds. The topological polar surface area (TPSA) is 71.8 Å². The number of benzene rings is 1. The maximum absolute atomic E-state index is 11.2. The van der Waals surface area contributed by atoms with Crippen LogP contribution in [0.2, 0.25) is 0 Å². The molecule has 0 aliphatic heterocycles. The lowest BCUT2D eigenvalue weighted by atomic mass is 10.4. The minimum atomic E-state index is -0.222. The van der Waals surface area contributed by atoms with Gasteiger partial charge in [0.1, 0.15) is 11.6 Å². The van der Waals surface area contributed by atoms with Gasteiger partial charge in [0, 0.05) is 15.4 Å². The molecule has 0 unspecified atom stereocenters. The van der Waals surface area contributed by atoms with Crippen LogP contribution in [0.3, 0.4) is 0 Å². The third-order valence-electron chi connectivity index (χ3n) is 2.01. The third-order valence-corrected chi connectivity index (χ3v) is 4.05. The summed E-state index contributed by atoms with van der Waals surface area (Å²) in [7, 11) is 0. The van der Waals surface area contributed by atoms with Crippen LogP contribution >= 0.6 is 27.7 Å². The summed E-state index contributed by atoms with van der Waals surface area (Å²) in [5, 5.41) is 0. The van der Waals surface area contributed by atoms with Crippen molar-refractivity contribution in [1.29, 1.82) is 0 Å². The molecule has 88 valence electrons. The van der Waals surface area contributed by atoms with Gasteiger partial charge in [-0.3, -0.25) is 4.79 Å². The number of hydrogen-bond acceptors (Lipinski definition) is 4. The molecular weight excluding hydrogens is 302 g/mol. The monoisotopic (exact) mass is 311 g/mol. The Morgan fingerprint density at radius 2 is 2.18 bits per heavy atom. The van der Waals surface area contributed by atoms with Crippen LogP contribution in [0.25, 0.3) is 0 Å². The fraction of sp³-hybridized carbons (Fsp3) is 0.0909. The number of nitrogens with two attached hydrogens (primary N) is 1. The number of halogens is 1. The highest BCUT2D eigenvalue weighted by atomic mass is 79.9. The number of nitrogens with zero attached hydrogens (tertiary/aromatic N) is 1. The van der Waals surface area contributed by atoms with E-state index in [9.17, 15) is 4.79 Å². The molecule has 17 heavy (non-hydrogen) atoms. The van der Waals surface area contributed by atoms with Crippen molar-refractivity contribution in [1.82, 2.24) is 9.97 Å². The van der Waals surface area contributed by atoms with Crippen LogP contribution in [0.5, 0.6) is 0 Å². The van der Waals surface area contributed by atoms with Crippen molar-refractivity contribution in [2.24, 2.45) is 0 Å². The predicted molar refractivity (Wildman–Crippen MR) is 73.0 cm³/mol. The molecule has 0 radical (unpaired) electrons. The molecule has 0 saturated carbocycles. The van der Waals surface area contributed by atoms with Crippen LogP contribution < -0.4 is 11.3 Å². The second kappa shape index (κ2) is 5.37. The van der Waals surface area contributed by atoms with Gasteiger partial charge in [-0.25, -0.2) is 4.98 Å². The minimum Gasteiger partial charge on any atom is -0.383 e. The van der Waals surface area contributed by atoms with Crippen molar-refractivity contribution in [3.8, 4) is 0 Å². The van der Waals surface area contributed by atoms with Crippen molar-refractivity contribution >= 4 is 33.5 Å². The molecule has 0 aliphatic carbocycles. The van der Waals surface area contributed by atoms with E-state index in [1.165, 1.54) is 6.07 Å². The van der Waals surface area contributed by atoms with Gasteiger partial charge in [0.2, 0.25) is 0 Å². The maximum Gasteiger partial charge on any atom is 0.252 e. The maximum atomic E-state index is 11.2. The number of aromatic nitrogens is 2. The lowest BCUT2D eigenvalue weighted by Crippen LogP contribution is -2.11. The van der Waals surface area contributed by atoms with Crippen molar-refractivity contribution in [3.63, 3.8) is 0 Å². The summed E-state index contributed by atoms with van der Waals surface area (Å²) < 4.78 is 1.02. The number of thioether (sulfide) groups is 1. The lowest BCUT2D eigenvalue weighted by molar-refractivity contribution is 1.01. The Morgan fingerprint density at radius 1 is 1.41 bits per heavy atom. The zero-order valence-corrected chi connectivity index (χ0v) is 11.2. The molecule has 3 N–H and O–H groups in total. The fourth-order valence-corrected chi connectivity index (χ4v) is 2.74. The summed E-state index contributed by atoms with van der Waals surface area (Å²) in [6.07, 6.45) is 0. The molecule has 2 rings (SSSR count). The van der Waals surface area contributed by atoms with E-state index in [4.69, 9.17) is 5.73 Å². The highest BCUT2D eigenvalue weighted by Gasteiger charge is 2.03. The summed E-state index contributed by atoms with van der Waals surface area (Å²) in [5.41, 5.74) is 5.29. The first-order chi connectivity index (χ1) is 8.15. The van der Waals surface area contributed by atoms with Crippen molar-refractivity contribution in [2.45, 2.75) is 10.6 Å². The van der Waals surface area contributed by atoms with Crippen molar-refractivity contribution in [3.05, 3.63) is 51.0 Å². The Balaban J connectivity index is 2.13. The smallest absolute Gasteiger partial charge is 0.252 e. The third kappa shape index (κ3) is 3.34. The molecule has 1 aromatic carbocycles. The molecule has 6 heteroatoms. The van der Waals surface area contributed by atoms with E-state index in [-0.39, 0.29) is 11.4 Å². The summed E-state index contributed by atoms with van der Waals surface area (Å²) in [5.74, 6) is 1.40. The number of nitrogens with one attached hydrogen (secondary N) is 1. The first kappa shape index (κ1) is 12.2. The average Bonchev–Trinajstić information content (AvgIpc) is 2.27. The number of rotatable bonds is 3. The van der Waals surface area contributed by atoms with Crippen LogP contribution in [-0.2, 0) is 5.75 Å². The van der Waals surface area contributed by atoms with Crippen LogP contribution in [0, 0.1) is 0 Å². The molecule has 0 saturated heterocycles. The van der Waals surface area contributed by atoms with E-state index in [1.807, 2.05) is 24.3 Å². The Kier molecular flexibility index (Phi) is 3.86. The van der Waals surface area contributed by atoms with Gasteiger partial charge in [0.05, 0.1) is 5.75 Å². The molecule has 0 bridgehead atoms.